The Labute approximate surface area is 178 Å². The van der Waals surface area contributed by atoms with Crippen molar-refractivity contribution in [3.05, 3.63) is 24.0 Å². The highest BCUT2D eigenvalue weighted by atomic mass is 16.2. The summed E-state index contributed by atoms with van der Waals surface area (Å²) in [4.78, 5) is 29.8. The number of amides is 2. The minimum atomic E-state index is 0.0105. The van der Waals surface area contributed by atoms with Crippen molar-refractivity contribution in [1.82, 2.24) is 14.4 Å². The van der Waals surface area contributed by atoms with Crippen molar-refractivity contribution >= 4 is 11.8 Å². The lowest BCUT2D eigenvalue weighted by atomic mass is 9.84. The summed E-state index contributed by atoms with van der Waals surface area (Å²) in [5.41, 5.74) is 1.31. The molecule has 166 valence electrons. The maximum Gasteiger partial charge on any atom is 0.242 e. The van der Waals surface area contributed by atoms with Crippen LogP contribution in [0.4, 0.5) is 0 Å². The third-order valence-electron chi connectivity index (χ3n) is 5.27. The summed E-state index contributed by atoms with van der Waals surface area (Å²) in [6, 6.07) is 4.06. The normalized spacial score (nSPS) is 12.9. The predicted octanol–water partition coefficient (Wildman–Crippen LogP) is 4.85. The summed E-state index contributed by atoms with van der Waals surface area (Å²) < 4.78 is 2.05. The van der Waals surface area contributed by atoms with E-state index in [1.807, 2.05) is 48.7 Å². The van der Waals surface area contributed by atoms with Gasteiger partial charge in [0.1, 0.15) is 0 Å². The molecule has 0 bridgehead atoms. The summed E-state index contributed by atoms with van der Waals surface area (Å²) in [5, 5.41) is 0. The molecule has 1 rings (SSSR count). The van der Waals surface area contributed by atoms with Gasteiger partial charge >= 0.3 is 0 Å². The van der Waals surface area contributed by atoms with E-state index in [1.165, 1.54) is 0 Å². The van der Waals surface area contributed by atoms with Crippen LogP contribution in [0.15, 0.2) is 18.3 Å². The van der Waals surface area contributed by atoms with Gasteiger partial charge in [-0.15, -0.1) is 0 Å². The molecule has 1 aromatic rings. The first kappa shape index (κ1) is 25.3. The summed E-state index contributed by atoms with van der Waals surface area (Å²) in [6.45, 7) is 16.3. The first-order valence-corrected chi connectivity index (χ1v) is 11.1. The van der Waals surface area contributed by atoms with Crippen LogP contribution in [0.5, 0.6) is 0 Å². The molecule has 0 radical (unpaired) electrons. The summed E-state index contributed by atoms with van der Waals surface area (Å²) in [7, 11) is 2.00. The molecule has 1 heterocycles. The van der Waals surface area contributed by atoms with E-state index in [-0.39, 0.29) is 29.8 Å². The van der Waals surface area contributed by atoms with Gasteiger partial charge in [-0.3, -0.25) is 9.59 Å². The number of carbonyl (C=O) groups excluding carboxylic acids is 2. The number of nitrogens with zero attached hydrogens (tertiary/aromatic N) is 3. The van der Waals surface area contributed by atoms with E-state index in [0.29, 0.717) is 18.9 Å². The van der Waals surface area contributed by atoms with Gasteiger partial charge < -0.3 is 14.4 Å². The molecule has 5 heteroatoms. The third kappa shape index (κ3) is 9.05. The molecule has 0 spiro atoms. The molecule has 0 unspecified atom stereocenters. The average Bonchev–Trinajstić information content (AvgIpc) is 2.98. The van der Waals surface area contributed by atoms with Crippen LogP contribution in [0.2, 0.25) is 0 Å². The zero-order valence-electron chi connectivity index (χ0n) is 20.0. The van der Waals surface area contributed by atoms with E-state index in [1.54, 1.807) is 4.90 Å². The lowest BCUT2D eigenvalue weighted by Gasteiger charge is -2.31. The molecule has 5 nitrogen and oxygen atoms in total. The highest BCUT2D eigenvalue weighted by Crippen LogP contribution is 2.26. The standard InChI is InChI=1S/C24H43N3O2/c1-9-10-14-26(17-21-12-11-13-25(21)8)23(29)18-27(19(2)3)22(28)15-20(4)16-24(5,6)7/h11-13,19-20H,9-10,14-18H2,1-8H3/t20-/m0/s1. The molecule has 29 heavy (non-hydrogen) atoms. The minimum Gasteiger partial charge on any atom is -0.353 e. The Kier molecular flexibility index (Phi) is 9.94. The Morgan fingerprint density at radius 1 is 1.14 bits per heavy atom. The van der Waals surface area contributed by atoms with Crippen molar-refractivity contribution in [2.45, 2.75) is 86.7 Å². The lowest BCUT2D eigenvalue weighted by Crippen LogP contribution is -2.46. The van der Waals surface area contributed by atoms with Crippen LogP contribution in [0, 0.1) is 11.3 Å². The first-order valence-electron chi connectivity index (χ1n) is 11.1. The van der Waals surface area contributed by atoms with Gasteiger partial charge in [-0.1, -0.05) is 41.0 Å². The Hall–Kier alpha value is -1.78. The van der Waals surface area contributed by atoms with Crippen LogP contribution in [0.1, 0.15) is 79.8 Å². The molecule has 0 N–H and O–H groups in total. The maximum absolute atomic E-state index is 13.1. The van der Waals surface area contributed by atoms with Gasteiger partial charge in [0.25, 0.3) is 0 Å². The van der Waals surface area contributed by atoms with E-state index in [0.717, 1.165) is 31.5 Å². The van der Waals surface area contributed by atoms with Crippen molar-refractivity contribution in [1.29, 1.82) is 0 Å². The van der Waals surface area contributed by atoms with E-state index in [9.17, 15) is 9.59 Å². The number of hydrogen-bond donors (Lipinski definition) is 0. The number of rotatable bonds is 11. The SMILES string of the molecule is CCCCN(Cc1cccn1C)C(=O)CN(C(=O)C[C@H](C)CC(C)(C)C)C(C)C. The van der Waals surface area contributed by atoms with Crippen molar-refractivity contribution in [2.75, 3.05) is 13.1 Å². The van der Waals surface area contributed by atoms with Crippen molar-refractivity contribution in [2.24, 2.45) is 18.4 Å². The van der Waals surface area contributed by atoms with Crippen LogP contribution in [0.25, 0.3) is 0 Å². The highest BCUT2D eigenvalue weighted by molar-refractivity contribution is 5.85. The largest absolute Gasteiger partial charge is 0.353 e. The Morgan fingerprint density at radius 3 is 2.28 bits per heavy atom. The van der Waals surface area contributed by atoms with Crippen LogP contribution < -0.4 is 0 Å². The predicted molar refractivity (Wildman–Crippen MR) is 120 cm³/mol. The number of aryl methyl sites for hydroxylation is 1. The average molecular weight is 406 g/mol. The summed E-state index contributed by atoms with van der Waals surface area (Å²) in [5.74, 6) is 0.419. The number of aromatic nitrogens is 1. The van der Waals surface area contributed by atoms with Crippen LogP contribution >= 0.6 is 0 Å². The van der Waals surface area contributed by atoms with Gasteiger partial charge in [0, 0.05) is 37.9 Å². The number of hydrogen-bond acceptors (Lipinski definition) is 2. The fraction of sp³-hybridized carbons (Fsp3) is 0.750. The van der Waals surface area contributed by atoms with Gasteiger partial charge in [-0.2, -0.15) is 0 Å². The molecule has 1 atom stereocenters. The van der Waals surface area contributed by atoms with Gasteiger partial charge in [-0.05, 0) is 50.2 Å². The van der Waals surface area contributed by atoms with Crippen molar-refractivity contribution in [3.63, 3.8) is 0 Å². The molecule has 0 aliphatic heterocycles. The lowest BCUT2D eigenvalue weighted by molar-refractivity contribution is -0.143. The molecule has 0 saturated heterocycles. The van der Waals surface area contributed by atoms with Crippen LogP contribution in [0.3, 0.4) is 0 Å². The van der Waals surface area contributed by atoms with Crippen molar-refractivity contribution < 1.29 is 9.59 Å². The second-order valence-corrected chi connectivity index (χ2v) is 9.97. The van der Waals surface area contributed by atoms with E-state index in [2.05, 4.69) is 34.6 Å². The quantitative estimate of drug-likeness (QED) is 0.528. The highest BCUT2D eigenvalue weighted by Gasteiger charge is 2.26. The van der Waals surface area contributed by atoms with Crippen molar-refractivity contribution in [3.8, 4) is 0 Å². The zero-order chi connectivity index (χ0) is 22.2. The fourth-order valence-electron chi connectivity index (χ4n) is 3.83. The van der Waals surface area contributed by atoms with E-state index >= 15 is 0 Å². The molecule has 2 amide bonds. The molecular weight excluding hydrogens is 362 g/mol. The summed E-state index contributed by atoms with van der Waals surface area (Å²) >= 11 is 0. The molecule has 0 aliphatic rings. The van der Waals surface area contributed by atoms with Gasteiger partial charge in [0.05, 0.1) is 13.1 Å². The van der Waals surface area contributed by atoms with Gasteiger partial charge in [0.15, 0.2) is 0 Å². The van der Waals surface area contributed by atoms with Gasteiger partial charge in [-0.25, -0.2) is 0 Å². The molecule has 0 fully saturated rings. The molecule has 0 aliphatic carbocycles. The second kappa shape index (κ2) is 11.4. The van der Waals surface area contributed by atoms with Crippen LogP contribution in [-0.2, 0) is 23.2 Å². The van der Waals surface area contributed by atoms with E-state index in [4.69, 9.17) is 0 Å². The fourth-order valence-corrected chi connectivity index (χ4v) is 3.83. The number of carbonyl (C=O) groups is 2. The molecule has 1 aromatic heterocycles. The first-order chi connectivity index (χ1) is 13.4. The topological polar surface area (TPSA) is 45.6 Å². The zero-order valence-corrected chi connectivity index (χ0v) is 20.0. The van der Waals surface area contributed by atoms with E-state index < -0.39 is 0 Å². The third-order valence-corrected chi connectivity index (χ3v) is 5.27. The summed E-state index contributed by atoms with van der Waals surface area (Å²) in [6.07, 6.45) is 5.49. The van der Waals surface area contributed by atoms with Crippen LogP contribution in [-0.4, -0.2) is 45.3 Å². The number of unbranched alkanes of at least 4 members (excludes halogenated alkanes) is 1. The molecule has 0 aromatic carbocycles. The Bertz CT molecular complexity index is 643. The van der Waals surface area contributed by atoms with Gasteiger partial charge in [0.2, 0.25) is 11.8 Å². The smallest absolute Gasteiger partial charge is 0.242 e. The monoisotopic (exact) mass is 405 g/mol. The Morgan fingerprint density at radius 2 is 1.79 bits per heavy atom. The Balaban J connectivity index is 2.83. The molecule has 0 saturated carbocycles. The maximum atomic E-state index is 13.1. The molecular formula is C24H43N3O2. The second-order valence-electron chi connectivity index (χ2n) is 9.97. The minimum absolute atomic E-state index is 0.0105.